The average Bonchev–Trinajstić information content (AvgIpc) is 3.10. The van der Waals surface area contributed by atoms with Crippen LogP contribution in [0.2, 0.25) is 0 Å². The maximum Gasteiger partial charge on any atom is 0.417 e. The molecule has 0 aliphatic carbocycles. The standard InChI is InChI=1S/C14H15F3N4/c15-14(16,17)11-3-4-13(19-8-11)21-6-1-2-12(21)9-20-7-5-18-10-20/h3-5,7-8,10,12H,1-2,6,9H2/t12-/m1/s1. The fraction of sp³-hybridized carbons (Fsp3) is 0.429. The van der Waals surface area contributed by atoms with E-state index in [-0.39, 0.29) is 6.04 Å². The molecule has 3 heterocycles. The lowest BCUT2D eigenvalue weighted by atomic mass is 10.2. The molecule has 0 unspecified atom stereocenters. The van der Waals surface area contributed by atoms with E-state index in [1.165, 1.54) is 6.07 Å². The summed E-state index contributed by atoms with van der Waals surface area (Å²) in [5.74, 6) is 0.602. The lowest BCUT2D eigenvalue weighted by Crippen LogP contribution is -2.33. The van der Waals surface area contributed by atoms with Gasteiger partial charge in [-0.2, -0.15) is 13.2 Å². The first-order valence-corrected chi connectivity index (χ1v) is 6.79. The van der Waals surface area contributed by atoms with E-state index in [1.807, 2.05) is 10.8 Å². The molecule has 2 aromatic heterocycles. The van der Waals surface area contributed by atoms with E-state index < -0.39 is 11.7 Å². The molecule has 7 heteroatoms. The van der Waals surface area contributed by atoms with Crippen LogP contribution in [0.25, 0.3) is 0 Å². The van der Waals surface area contributed by atoms with Gasteiger partial charge in [-0.05, 0) is 25.0 Å². The number of rotatable bonds is 3. The first kappa shape index (κ1) is 13.9. The van der Waals surface area contributed by atoms with E-state index in [9.17, 15) is 13.2 Å². The number of nitrogens with zero attached hydrogens (tertiary/aromatic N) is 4. The summed E-state index contributed by atoms with van der Waals surface area (Å²) in [6.45, 7) is 1.58. The number of anilines is 1. The van der Waals surface area contributed by atoms with E-state index in [0.717, 1.165) is 38.2 Å². The fourth-order valence-corrected chi connectivity index (χ4v) is 2.69. The van der Waals surface area contributed by atoms with E-state index in [0.29, 0.717) is 5.82 Å². The Morgan fingerprint density at radius 2 is 2.14 bits per heavy atom. The van der Waals surface area contributed by atoms with Crippen LogP contribution in [0.15, 0.2) is 37.1 Å². The minimum absolute atomic E-state index is 0.239. The number of alkyl halides is 3. The Balaban J connectivity index is 1.75. The van der Waals surface area contributed by atoms with Crippen LogP contribution in [0, 0.1) is 0 Å². The van der Waals surface area contributed by atoms with E-state index in [2.05, 4.69) is 14.9 Å². The molecule has 0 aromatic carbocycles. The zero-order valence-corrected chi connectivity index (χ0v) is 11.3. The molecule has 0 N–H and O–H groups in total. The number of hydrogen-bond donors (Lipinski definition) is 0. The summed E-state index contributed by atoms with van der Waals surface area (Å²) in [6.07, 6.45) is 3.93. The van der Waals surface area contributed by atoms with E-state index in [1.54, 1.807) is 12.5 Å². The predicted octanol–water partition coefficient (Wildman–Crippen LogP) is 2.97. The maximum absolute atomic E-state index is 12.6. The van der Waals surface area contributed by atoms with Gasteiger partial charge in [0.1, 0.15) is 5.82 Å². The highest BCUT2D eigenvalue weighted by Crippen LogP contribution is 2.31. The van der Waals surface area contributed by atoms with Gasteiger partial charge in [0.2, 0.25) is 0 Å². The third-order valence-electron chi connectivity index (χ3n) is 3.73. The Morgan fingerprint density at radius 1 is 1.29 bits per heavy atom. The third-order valence-corrected chi connectivity index (χ3v) is 3.73. The monoisotopic (exact) mass is 296 g/mol. The minimum Gasteiger partial charge on any atom is -0.352 e. The van der Waals surface area contributed by atoms with Crippen LogP contribution in [0.3, 0.4) is 0 Å². The van der Waals surface area contributed by atoms with E-state index >= 15 is 0 Å². The summed E-state index contributed by atoms with van der Waals surface area (Å²) in [5.41, 5.74) is -0.711. The molecule has 1 saturated heterocycles. The zero-order valence-electron chi connectivity index (χ0n) is 11.3. The van der Waals surface area contributed by atoms with Gasteiger partial charge in [0.15, 0.2) is 0 Å². The Bertz CT molecular complexity index is 577. The lowest BCUT2D eigenvalue weighted by molar-refractivity contribution is -0.137. The van der Waals surface area contributed by atoms with Crippen LogP contribution in [-0.4, -0.2) is 27.1 Å². The molecule has 1 aliphatic heterocycles. The van der Waals surface area contributed by atoms with Crippen molar-refractivity contribution in [1.82, 2.24) is 14.5 Å². The minimum atomic E-state index is -4.34. The molecule has 0 amide bonds. The van der Waals surface area contributed by atoms with Gasteiger partial charge in [0.05, 0.1) is 11.9 Å². The van der Waals surface area contributed by atoms with Gasteiger partial charge in [0, 0.05) is 37.7 Å². The summed E-state index contributed by atoms with van der Waals surface area (Å²) in [4.78, 5) is 10.1. The van der Waals surface area contributed by atoms with Crippen LogP contribution >= 0.6 is 0 Å². The molecule has 0 radical (unpaired) electrons. The van der Waals surface area contributed by atoms with Gasteiger partial charge < -0.3 is 9.47 Å². The third kappa shape index (κ3) is 3.01. The van der Waals surface area contributed by atoms with Crippen LogP contribution in [0.1, 0.15) is 18.4 Å². The second-order valence-electron chi connectivity index (χ2n) is 5.15. The van der Waals surface area contributed by atoms with Crippen molar-refractivity contribution in [2.45, 2.75) is 31.6 Å². The highest BCUT2D eigenvalue weighted by Gasteiger charge is 2.32. The molecule has 2 aromatic rings. The highest BCUT2D eigenvalue weighted by atomic mass is 19.4. The van der Waals surface area contributed by atoms with Crippen LogP contribution in [0.4, 0.5) is 19.0 Å². The molecule has 0 spiro atoms. The number of pyridine rings is 1. The number of imidazole rings is 1. The number of aromatic nitrogens is 3. The molecule has 4 nitrogen and oxygen atoms in total. The van der Waals surface area contributed by atoms with Gasteiger partial charge in [-0.1, -0.05) is 0 Å². The summed E-state index contributed by atoms with van der Waals surface area (Å²) < 4.78 is 39.7. The van der Waals surface area contributed by atoms with Gasteiger partial charge >= 0.3 is 6.18 Å². The first-order chi connectivity index (χ1) is 10.0. The molecule has 0 saturated carbocycles. The Kier molecular flexibility index (Phi) is 3.57. The molecule has 0 bridgehead atoms. The van der Waals surface area contributed by atoms with Crippen LogP contribution in [0.5, 0.6) is 0 Å². The molecular weight excluding hydrogens is 281 g/mol. The topological polar surface area (TPSA) is 34.0 Å². The average molecular weight is 296 g/mol. The molecule has 1 aliphatic rings. The lowest BCUT2D eigenvalue weighted by Gasteiger charge is -2.26. The molecule has 3 rings (SSSR count). The second-order valence-corrected chi connectivity index (χ2v) is 5.15. The molecule has 21 heavy (non-hydrogen) atoms. The van der Waals surface area contributed by atoms with Crippen molar-refractivity contribution in [3.05, 3.63) is 42.6 Å². The van der Waals surface area contributed by atoms with Crippen molar-refractivity contribution in [2.24, 2.45) is 0 Å². The van der Waals surface area contributed by atoms with Crippen molar-refractivity contribution in [3.63, 3.8) is 0 Å². The SMILES string of the molecule is FC(F)(F)c1ccc(N2CCC[C@@H]2Cn2ccnc2)nc1. The molecule has 1 atom stereocenters. The first-order valence-electron chi connectivity index (χ1n) is 6.79. The van der Waals surface area contributed by atoms with Crippen LogP contribution in [-0.2, 0) is 12.7 Å². The van der Waals surface area contributed by atoms with Crippen molar-refractivity contribution in [1.29, 1.82) is 0 Å². The van der Waals surface area contributed by atoms with Gasteiger partial charge in [-0.3, -0.25) is 0 Å². The fourth-order valence-electron chi connectivity index (χ4n) is 2.69. The number of halogens is 3. The van der Waals surface area contributed by atoms with Gasteiger partial charge in [-0.25, -0.2) is 9.97 Å². The smallest absolute Gasteiger partial charge is 0.352 e. The maximum atomic E-state index is 12.6. The summed E-state index contributed by atoms with van der Waals surface area (Å²) in [5, 5.41) is 0. The van der Waals surface area contributed by atoms with Crippen molar-refractivity contribution in [2.75, 3.05) is 11.4 Å². The molecule has 112 valence electrons. The zero-order chi connectivity index (χ0) is 14.9. The van der Waals surface area contributed by atoms with E-state index in [4.69, 9.17) is 0 Å². The second kappa shape index (κ2) is 5.38. The summed E-state index contributed by atoms with van der Waals surface area (Å²) in [6, 6.07) is 2.78. The Morgan fingerprint density at radius 3 is 2.76 bits per heavy atom. The predicted molar refractivity (Wildman–Crippen MR) is 71.8 cm³/mol. The Labute approximate surface area is 120 Å². The normalized spacial score (nSPS) is 19.2. The summed E-state index contributed by atoms with van der Waals surface area (Å²) >= 11 is 0. The van der Waals surface area contributed by atoms with Gasteiger partial charge in [-0.15, -0.1) is 0 Å². The summed E-state index contributed by atoms with van der Waals surface area (Å²) in [7, 11) is 0. The number of hydrogen-bond acceptors (Lipinski definition) is 3. The molecular formula is C14H15F3N4. The quantitative estimate of drug-likeness (QED) is 0.873. The molecule has 1 fully saturated rings. The highest BCUT2D eigenvalue weighted by molar-refractivity contribution is 5.42. The van der Waals surface area contributed by atoms with Gasteiger partial charge in [0.25, 0.3) is 0 Å². The van der Waals surface area contributed by atoms with Crippen LogP contribution < -0.4 is 4.90 Å². The Hall–Kier alpha value is -2.05. The van der Waals surface area contributed by atoms with Crippen molar-refractivity contribution >= 4 is 5.82 Å². The van der Waals surface area contributed by atoms with Crippen molar-refractivity contribution in [3.8, 4) is 0 Å². The largest absolute Gasteiger partial charge is 0.417 e. The van der Waals surface area contributed by atoms with Crippen molar-refractivity contribution < 1.29 is 13.2 Å².